The predicted molar refractivity (Wildman–Crippen MR) is 108 cm³/mol. The Hall–Kier alpha value is -2.81. The summed E-state index contributed by atoms with van der Waals surface area (Å²) in [7, 11) is 2.10. The minimum absolute atomic E-state index is 0.120. The summed E-state index contributed by atoms with van der Waals surface area (Å²) in [5, 5.41) is 2.41. The van der Waals surface area contributed by atoms with Crippen molar-refractivity contribution in [2.45, 2.75) is 34.1 Å². The van der Waals surface area contributed by atoms with Crippen molar-refractivity contribution in [2.24, 2.45) is 12.5 Å². The van der Waals surface area contributed by atoms with Crippen LogP contribution in [-0.2, 0) is 13.5 Å². The average molecular weight is 358 g/mol. The van der Waals surface area contributed by atoms with Gasteiger partial charge in [0.2, 0.25) is 11.3 Å². The van der Waals surface area contributed by atoms with Gasteiger partial charge < -0.3 is 9.15 Å². The Morgan fingerprint density at radius 1 is 1.04 bits per heavy atom. The Kier molecular flexibility index (Phi) is 3.24. The van der Waals surface area contributed by atoms with Crippen LogP contribution in [0.5, 0.6) is 11.5 Å². The molecule has 0 atom stereocenters. The first-order valence-electron chi connectivity index (χ1n) is 9.48. The molecule has 2 aromatic heterocycles. The largest absolute Gasteiger partial charge is 0.457 e. The lowest BCUT2D eigenvalue weighted by molar-refractivity contribution is -0.634. The van der Waals surface area contributed by atoms with Gasteiger partial charge in [0, 0.05) is 11.5 Å². The highest BCUT2D eigenvalue weighted by molar-refractivity contribution is 6.04. The van der Waals surface area contributed by atoms with Crippen molar-refractivity contribution in [1.29, 1.82) is 0 Å². The smallest absolute Gasteiger partial charge is 0.257 e. The quantitative estimate of drug-likeness (QED) is 0.339. The number of ether oxygens (including phenoxy) is 1. The van der Waals surface area contributed by atoms with Gasteiger partial charge in [-0.15, -0.1) is 0 Å². The molecular weight excluding hydrogens is 334 g/mol. The number of benzene rings is 2. The molecule has 0 aliphatic carbocycles. The number of aryl methyl sites for hydroxylation is 2. The molecule has 0 N–H and O–H groups in total. The van der Waals surface area contributed by atoms with E-state index in [1.165, 1.54) is 21.9 Å². The third-order valence-corrected chi connectivity index (χ3v) is 5.48. The molecule has 0 spiro atoms. The minimum Gasteiger partial charge on any atom is -0.457 e. The normalized spacial score (nSPS) is 13.1. The molecule has 1 aliphatic heterocycles. The van der Waals surface area contributed by atoms with Crippen LogP contribution < -0.4 is 9.30 Å². The van der Waals surface area contributed by atoms with Gasteiger partial charge in [-0.2, -0.15) is 4.57 Å². The first-order chi connectivity index (χ1) is 12.8. The summed E-state index contributed by atoms with van der Waals surface area (Å²) < 4.78 is 14.7. The highest BCUT2D eigenvalue weighted by Crippen LogP contribution is 2.49. The lowest BCUT2D eigenvalue weighted by Gasteiger charge is -2.25. The first-order valence-corrected chi connectivity index (χ1v) is 9.48. The number of rotatable bonds is 1. The monoisotopic (exact) mass is 358 g/mol. The van der Waals surface area contributed by atoms with Crippen LogP contribution in [-0.4, -0.2) is 0 Å². The molecule has 0 saturated heterocycles. The van der Waals surface area contributed by atoms with Crippen molar-refractivity contribution >= 4 is 21.9 Å². The molecular formula is C24H24NO2+. The van der Waals surface area contributed by atoms with Gasteiger partial charge in [0.25, 0.3) is 11.2 Å². The van der Waals surface area contributed by atoms with E-state index in [1.807, 2.05) is 0 Å². The van der Waals surface area contributed by atoms with Crippen molar-refractivity contribution in [2.75, 3.05) is 0 Å². The van der Waals surface area contributed by atoms with Gasteiger partial charge in [-0.3, -0.25) is 0 Å². The molecule has 0 amide bonds. The summed E-state index contributed by atoms with van der Waals surface area (Å²) in [6.07, 6.45) is 2.67. The SMILES string of the molecule is Cc1ccc2cccc3c2c1-c1c(c(CC(C)(C)C)c2occc2[n+]1C)O3. The zero-order chi connectivity index (χ0) is 18.9. The van der Waals surface area contributed by atoms with Gasteiger partial charge in [-0.05, 0) is 35.8 Å². The standard InChI is InChI=1S/C24H24NO2/c1-14-9-10-15-7-6-8-18-20(15)19(14)21-23(27-18)16(13-24(2,3)4)22-17(25(21)5)11-12-26-22/h6-12H,13H2,1-5H3/q+1. The van der Waals surface area contributed by atoms with Gasteiger partial charge in [0.05, 0.1) is 17.4 Å². The van der Waals surface area contributed by atoms with Crippen molar-refractivity contribution in [3.8, 4) is 22.8 Å². The molecule has 0 saturated carbocycles. The van der Waals surface area contributed by atoms with Crippen LogP contribution in [0, 0.1) is 12.3 Å². The molecule has 0 bridgehead atoms. The Morgan fingerprint density at radius 3 is 2.63 bits per heavy atom. The summed E-state index contributed by atoms with van der Waals surface area (Å²) >= 11 is 0. The van der Waals surface area contributed by atoms with Crippen LogP contribution >= 0.6 is 0 Å². The highest BCUT2D eigenvalue weighted by atomic mass is 16.5. The summed E-state index contributed by atoms with van der Waals surface area (Å²) in [5.41, 5.74) is 6.98. The van der Waals surface area contributed by atoms with Gasteiger partial charge in [0.1, 0.15) is 12.8 Å². The Morgan fingerprint density at radius 2 is 1.85 bits per heavy atom. The summed E-state index contributed by atoms with van der Waals surface area (Å²) in [5.74, 6) is 1.86. The lowest BCUT2D eigenvalue weighted by Crippen LogP contribution is -2.34. The van der Waals surface area contributed by atoms with E-state index >= 15 is 0 Å². The van der Waals surface area contributed by atoms with Gasteiger partial charge in [-0.1, -0.05) is 45.0 Å². The predicted octanol–water partition coefficient (Wildman–Crippen LogP) is 6.08. The molecule has 3 heteroatoms. The van der Waals surface area contributed by atoms with Crippen molar-refractivity contribution in [1.82, 2.24) is 0 Å². The molecule has 4 aromatic rings. The van der Waals surface area contributed by atoms with Crippen molar-refractivity contribution in [3.63, 3.8) is 0 Å². The summed E-state index contributed by atoms with van der Waals surface area (Å²) in [6, 6.07) is 12.7. The number of hydrogen-bond acceptors (Lipinski definition) is 2. The molecule has 2 aromatic carbocycles. The third kappa shape index (κ3) is 2.31. The topological polar surface area (TPSA) is 26.2 Å². The van der Waals surface area contributed by atoms with E-state index in [0.29, 0.717) is 0 Å². The van der Waals surface area contributed by atoms with E-state index in [1.54, 1.807) is 6.26 Å². The number of furan rings is 1. The first kappa shape index (κ1) is 16.4. The second kappa shape index (κ2) is 5.35. The lowest BCUT2D eigenvalue weighted by atomic mass is 9.85. The highest BCUT2D eigenvalue weighted by Gasteiger charge is 2.36. The molecule has 3 nitrogen and oxygen atoms in total. The van der Waals surface area contributed by atoms with E-state index < -0.39 is 0 Å². The fraction of sp³-hybridized carbons (Fsp3) is 0.292. The Balaban J connectivity index is 1.97. The number of aromatic nitrogens is 1. The fourth-order valence-corrected chi connectivity index (χ4v) is 4.34. The number of hydrogen-bond donors (Lipinski definition) is 0. The van der Waals surface area contributed by atoms with E-state index in [2.05, 4.69) is 75.7 Å². The Bertz CT molecular complexity index is 1230. The van der Waals surface area contributed by atoms with Crippen LogP contribution in [0.1, 0.15) is 31.9 Å². The van der Waals surface area contributed by atoms with Gasteiger partial charge in [-0.25, -0.2) is 0 Å². The maximum atomic E-state index is 6.56. The molecule has 5 rings (SSSR count). The number of pyridine rings is 1. The second-order valence-corrected chi connectivity index (χ2v) is 8.80. The van der Waals surface area contributed by atoms with Crippen LogP contribution in [0.25, 0.3) is 33.1 Å². The second-order valence-electron chi connectivity index (χ2n) is 8.80. The van der Waals surface area contributed by atoms with Gasteiger partial charge in [0.15, 0.2) is 0 Å². The van der Waals surface area contributed by atoms with E-state index in [9.17, 15) is 0 Å². The van der Waals surface area contributed by atoms with E-state index in [0.717, 1.165) is 40.3 Å². The van der Waals surface area contributed by atoms with Crippen LogP contribution in [0.2, 0.25) is 0 Å². The van der Waals surface area contributed by atoms with E-state index in [-0.39, 0.29) is 5.41 Å². The molecule has 0 fully saturated rings. The van der Waals surface area contributed by atoms with Crippen LogP contribution in [0.15, 0.2) is 47.1 Å². The van der Waals surface area contributed by atoms with Gasteiger partial charge >= 0.3 is 0 Å². The number of fused-ring (bicyclic) bond motifs is 3. The molecule has 27 heavy (non-hydrogen) atoms. The molecule has 0 radical (unpaired) electrons. The maximum Gasteiger partial charge on any atom is 0.257 e. The zero-order valence-corrected chi connectivity index (χ0v) is 16.5. The third-order valence-electron chi connectivity index (χ3n) is 5.48. The maximum absolute atomic E-state index is 6.56. The van der Waals surface area contributed by atoms with Crippen molar-refractivity contribution < 1.29 is 13.7 Å². The zero-order valence-electron chi connectivity index (χ0n) is 16.5. The van der Waals surface area contributed by atoms with E-state index in [4.69, 9.17) is 9.15 Å². The fourth-order valence-electron chi connectivity index (χ4n) is 4.34. The van der Waals surface area contributed by atoms with Crippen molar-refractivity contribution in [3.05, 3.63) is 53.8 Å². The summed E-state index contributed by atoms with van der Waals surface area (Å²) in [4.78, 5) is 0. The molecule has 136 valence electrons. The number of nitrogens with zero attached hydrogens (tertiary/aromatic N) is 1. The Labute approximate surface area is 159 Å². The van der Waals surface area contributed by atoms with Crippen LogP contribution in [0.4, 0.5) is 0 Å². The average Bonchev–Trinajstić information content (AvgIpc) is 3.10. The molecule has 3 heterocycles. The minimum atomic E-state index is 0.120. The molecule has 1 aliphatic rings. The summed E-state index contributed by atoms with van der Waals surface area (Å²) in [6.45, 7) is 8.95. The van der Waals surface area contributed by atoms with Crippen LogP contribution in [0.3, 0.4) is 0 Å². The molecule has 0 unspecified atom stereocenters.